The Kier molecular flexibility index (Phi) is 5.38. The van der Waals surface area contributed by atoms with Crippen molar-refractivity contribution in [1.29, 1.82) is 0 Å². The largest absolute Gasteiger partial charge is 0.497 e. The number of ether oxygens (including phenoxy) is 2. The number of nitrogens with zero attached hydrogens (tertiary/aromatic N) is 3. The summed E-state index contributed by atoms with van der Waals surface area (Å²) in [6.45, 7) is 2.58. The van der Waals surface area contributed by atoms with Crippen molar-refractivity contribution in [2.24, 2.45) is 9.98 Å². The fourth-order valence-corrected chi connectivity index (χ4v) is 4.37. The van der Waals surface area contributed by atoms with E-state index < -0.39 is 0 Å². The van der Waals surface area contributed by atoms with Crippen LogP contribution in [0.3, 0.4) is 0 Å². The second-order valence-electron chi connectivity index (χ2n) is 6.39. The van der Waals surface area contributed by atoms with Crippen molar-refractivity contribution in [3.05, 3.63) is 41.7 Å². The average Bonchev–Trinajstić information content (AvgIpc) is 3.38. The summed E-state index contributed by atoms with van der Waals surface area (Å²) in [7, 11) is 3.24. The van der Waals surface area contributed by atoms with Crippen LogP contribution in [0.4, 0.5) is 0 Å². The van der Waals surface area contributed by atoms with Gasteiger partial charge in [-0.25, -0.2) is 0 Å². The molecule has 0 amide bonds. The van der Waals surface area contributed by atoms with Crippen molar-refractivity contribution in [2.75, 3.05) is 14.2 Å². The number of hydrogen-bond donors (Lipinski definition) is 1. The summed E-state index contributed by atoms with van der Waals surface area (Å²) in [5.74, 6) is 2.93. The molecule has 2 aliphatic heterocycles. The number of thioether (sulfide) groups is 1. The molecule has 8 heteroatoms. The second kappa shape index (κ2) is 8.10. The molecule has 0 radical (unpaired) electrons. The Morgan fingerprint density at radius 3 is 2.93 bits per heavy atom. The molecule has 0 saturated heterocycles. The summed E-state index contributed by atoms with van der Waals surface area (Å²) in [4.78, 5) is 9.18. The number of fused-ring (bicyclic) bond motifs is 1. The number of methoxy groups -OCH3 is 2. The van der Waals surface area contributed by atoms with Crippen molar-refractivity contribution in [3.63, 3.8) is 0 Å². The lowest BCUT2D eigenvalue weighted by Gasteiger charge is -2.17. The highest BCUT2D eigenvalue weighted by molar-refractivity contribution is 8.01. The third-order valence-corrected chi connectivity index (χ3v) is 6.11. The minimum absolute atomic E-state index is 0.138. The highest BCUT2D eigenvalue weighted by Gasteiger charge is 2.30. The molecule has 4 rings (SSSR count). The molecule has 3 heterocycles. The zero-order chi connectivity index (χ0) is 19.5. The molecular formula is C20H22N4O3S. The van der Waals surface area contributed by atoms with E-state index >= 15 is 0 Å². The number of rotatable bonds is 6. The molecule has 2 unspecified atom stereocenters. The van der Waals surface area contributed by atoms with Gasteiger partial charge in [0.2, 0.25) is 0 Å². The fourth-order valence-electron chi connectivity index (χ4n) is 3.15. The Balaban J connectivity index is 1.53. The van der Waals surface area contributed by atoms with Crippen LogP contribution in [0.2, 0.25) is 0 Å². The summed E-state index contributed by atoms with van der Waals surface area (Å²) in [5, 5.41) is 7.96. The molecule has 146 valence electrons. The molecule has 1 N–H and O–H groups in total. The summed E-state index contributed by atoms with van der Waals surface area (Å²) in [6, 6.07) is 7.48. The van der Waals surface area contributed by atoms with Crippen LogP contribution >= 0.6 is 11.8 Å². The molecule has 0 spiro atoms. The van der Waals surface area contributed by atoms with Gasteiger partial charge in [-0.3, -0.25) is 9.98 Å². The van der Waals surface area contributed by atoms with Crippen LogP contribution in [0, 0.1) is 0 Å². The van der Waals surface area contributed by atoms with Gasteiger partial charge in [0.15, 0.2) is 5.76 Å². The van der Waals surface area contributed by atoms with E-state index in [1.165, 1.54) is 0 Å². The van der Waals surface area contributed by atoms with E-state index in [9.17, 15) is 0 Å². The average molecular weight is 398 g/mol. The number of nitrogens with one attached hydrogen (secondary N) is 1. The van der Waals surface area contributed by atoms with E-state index in [0.29, 0.717) is 29.0 Å². The normalized spacial score (nSPS) is 22.0. The number of amidine groups is 1. The first kappa shape index (κ1) is 18.6. The summed E-state index contributed by atoms with van der Waals surface area (Å²) in [6.07, 6.45) is 5.06. The fraction of sp³-hybridized carbons (Fsp3) is 0.350. The molecule has 2 atom stereocenters. The van der Waals surface area contributed by atoms with Gasteiger partial charge in [-0.15, -0.1) is 11.8 Å². The van der Waals surface area contributed by atoms with Gasteiger partial charge < -0.3 is 19.3 Å². The molecule has 1 aromatic heterocycles. The summed E-state index contributed by atoms with van der Waals surface area (Å²) < 4.78 is 16.2. The Hall–Kier alpha value is -2.74. The van der Waals surface area contributed by atoms with E-state index in [1.807, 2.05) is 36.0 Å². The molecule has 28 heavy (non-hydrogen) atoms. The lowest BCUT2D eigenvalue weighted by Crippen LogP contribution is -2.32. The maximum absolute atomic E-state index is 5.49. The van der Waals surface area contributed by atoms with Crippen LogP contribution in [0.1, 0.15) is 19.1 Å². The second-order valence-corrected chi connectivity index (χ2v) is 7.71. The Morgan fingerprint density at radius 2 is 2.14 bits per heavy atom. The standard InChI is InChI=1S/C20H22N4O3S/c1-4-14-9-16-19(22-11-23-20(16)28-14)21-10-13-7-17(24-27-13)15-6-5-12(25-2)8-18(15)26-3/h5-9,11,14,20H,4,10H2,1-3H3,(H,21,22,23). The van der Waals surface area contributed by atoms with Gasteiger partial charge in [-0.2, -0.15) is 0 Å². The number of benzene rings is 1. The molecule has 0 fully saturated rings. The van der Waals surface area contributed by atoms with E-state index in [-0.39, 0.29) is 5.37 Å². The number of aliphatic imine (C=N–C) groups is 2. The topological polar surface area (TPSA) is 81.2 Å². The van der Waals surface area contributed by atoms with E-state index in [4.69, 9.17) is 14.0 Å². The van der Waals surface area contributed by atoms with Gasteiger partial charge in [-0.1, -0.05) is 18.2 Å². The highest BCUT2D eigenvalue weighted by atomic mass is 32.2. The van der Waals surface area contributed by atoms with Crippen LogP contribution in [0.5, 0.6) is 11.5 Å². The first-order valence-corrected chi connectivity index (χ1v) is 10.0. The highest BCUT2D eigenvalue weighted by Crippen LogP contribution is 2.37. The third-order valence-electron chi connectivity index (χ3n) is 4.66. The van der Waals surface area contributed by atoms with Crippen molar-refractivity contribution in [3.8, 4) is 22.8 Å². The van der Waals surface area contributed by atoms with Gasteiger partial charge >= 0.3 is 0 Å². The number of hydrogen-bond acceptors (Lipinski definition) is 7. The Bertz CT molecular complexity index is 951. The zero-order valence-electron chi connectivity index (χ0n) is 16.0. The minimum Gasteiger partial charge on any atom is -0.497 e. The summed E-state index contributed by atoms with van der Waals surface area (Å²) >= 11 is 1.86. The molecule has 0 aliphatic carbocycles. The van der Waals surface area contributed by atoms with Crippen molar-refractivity contribution < 1.29 is 14.0 Å². The number of aromatic nitrogens is 1. The molecule has 2 aliphatic rings. The maximum Gasteiger partial charge on any atom is 0.158 e. The Morgan fingerprint density at radius 1 is 1.25 bits per heavy atom. The van der Waals surface area contributed by atoms with Gasteiger partial charge in [-0.05, 0) is 18.6 Å². The van der Waals surface area contributed by atoms with Crippen LogP contribution in [0.25, 0.3) is 11.3 Å². The zero-order valence-corrected chi connectivity index (χ0v) is 16.8. The van der Waals surface area contributed by atoms with E-state index in [0.717, 1.165) is 29.1 Å². The van der Waals surface area contributed by atoms with E-state index in [2.05, 4.69) is 33.5 Å². The van der Waals surface area contributed by atoms with Crippen LogP contribution in [-0.4, -0.2) is 42.2 Å². The summed E-state index contributed by atoms with van der Waals surface area (Å²) in [5.41, 5.74) is 2.69. The van der Waals surface area contributed by atoms with Gasteiger partial charge in [0.25, 0.3) is 0 Å². The van der Waals surface area contributed by atoms with Crippen molar-refractivity contribution in [2.45, 2.75) is 30.5 Å². The van der Waals surface area contributed by atoms with Crippen LogP contribution in [-0.2, 0) is 6.54 Å². The molecule has 0 saturated carbocycles. The quantitative estimate of drug-likeness (QED) is 0.800. The lowest BCUT2D eigenvalue weighted by atomic mass is 10.1. The molecular weight excluding hydrogens is 376 g/mol. The van der Waals surface area contributed by atoms with Crippen LogP contribution < -0.4 is 14.8 Å². The predicted octanol–water partition coefficient (Wildman–Crippen LogP) is 3.67. The van der Waals surface area contributed by atoms with Gasteiger partial charge in [0, 0.05) is 28.5 Å². The smallest absolute Gasteiger partial charge is 0.158 e. The maximum atomic E-state index is 5.49. The third kappa shape index (κ3) is 3.64. The van der Waals surface area contributed by atoms with E-state index in [1.54, 1.807) is 20.6 Å². The Labute approximate surface area is 167 Å². The molecule has 0 bridgehead atoms. The van der Waals surface area contributed by atoms with Crippen LogP contribution in [0.15, 0.2) is 50.4 Å². The van der Waals surface area contributed by atoms with Gasteiger partial charge in [0.1, 0.15) is 34.9 Å². The van der Waals surface area contributed by atoms with Crippen molar-refractivity contribution in [1.82, 2.24) is 10.5 Å². The first-order chi connectivity index (χ1) is 13.7. The van der Waals surface area contributed by atoms with Gasteiger partial charge in [0.05, 0.1) is 20.6 Å². The van der Waals surface area contributed by atoms with Crippen molar-refractivity contribution >= 4 is 23.9 Å². The SMILES string of the molecule is CCC1C=C2C(=NCc3cc(-c4ccc(OC)cc4OC)no3)NC=NC2S1. The lowest BCUT2D eigenvalue weighted by molar-refractivity contribution is 0.384. The first-order valence-electron chi connectivity index (χ1n) is 9.10. The molecule has 7 nitrogen and oxygen atoms in total. The predicted molar refractivity (Wildman–Crippen MR) is 111 cm³/mol. The molecule has 1 aromatic carbocycles. The monoisotopic (exact) mass is 398 g/mol. The minimum atomic E-state index is 0.138. The molecule has 2 aromatic rings.